The highest BCUT2D eigenvalue weighted by molar-refractivity contribution is 5.94. The van der Waals surface area contributed by atoms with Gasteiger partial charge in [0.15, 0.2) is 5.69 Å². The van der Waals surface area contributed by atoms with Crippen LogP contribution in [0.2, 0.25) is 0 Å². The molecule has 0 radical (unpaired) electrons. The highest BCUT2D eigenvalue weighted by atomic mass is 19.1. The Morgan fingerprint density at radius 3 is 2.39 bits per heavy atom. The van der Waals surface area contributed by atoms with E-state index in [0.717, 1.165) is 23.6 Å². The Kier molecular flexibility index (Phi) is 8.99. The fraction of sp³-hybridized carbons (Fsp3) is 0.267. The van der Waals surface area contributed by atoms with E-state index >= 15 is 0 Å². The van der Waals surface area contributed by atoms with Crippen molar-refractivity contribution in [1.29, 1.82) is 0 Å². The molecular formula is C30H31F2N3O3. The molecule has 198 valence electrons. The average Bonchev–Trinajstić information content (AvgIpc) is 3.30. The highest BCUT2D eigenvalue weighted by Gasteiger charge is 2.26. The van der Waals surface area contributed by atoms with Crippen LogP contribution in [0, 0.1) is 18.6 Å². The van der Waals surface area contributed by atoms with Gasteiger partial charge in [0, 0.05) is 24.7 Å². The number of carbonyl (C=O) groups excluding carboxylic acids is 1. The molecule has 0 aliphatic carbocycles. The van der Waals surface area contributed by atoms with Crippen molar-refractivity contribution in [3.63, 3.8) is 0 Å². The predicted molar refractivity (Wildman–Crippen MR) is 142 cm³/mol. The van der Waals surface area contributed by atoms with E-state index in [1.165, 1.54) is 17.7 Å². The molecule has 0 bridgehead atoms. The molecule has 1 aromatic heterocycles. The zero-order valence-electron chi connectivity index (χ0n) is 21.4. The SMILES string of the molecule is CCc1cccc(CNC[C@@H](O)[C@H](Cc2cc(F)cc(F)c2)NC(=O)c2nc(-c3ccccc3)oc2C)c1. The van der Waals surface area contributed by atoms with Crippen molar-refractivity contribution in [3.8, 4) is 11.5 Å². The first kappa shape index (κ1) is 27.2. The smallest absolute Gasteiger partial charge is 0.273 e. The van der Waals surface area contributed by atoms with Crippen molar-refractivity contribution >= 4 is 5.91 Å². The lowest BCUT2D eigenvalue weighted by Gasteiger charge is -2.25. The van der Waals surface area contributed by atoms with Crippen molar-refractivity contribution in [2.75, 3.05) is 6.54 Å². The van der Waals surface area contributed by atoms with Gasteiger partial charge in [-0.3, -0.25) is 4.79 Å². The van der Waals surface area contributed by atoms with Crippen LogP contribution in [0.25, 0.3) is 11.5 Å². The molecule has 0 fully saturated rings. The second-order valence-electron chi connectivity index (χ2n) is 9.22. The van der Waals surface area contributed by atoms with Crippen molar-refractivity contribution in [2.45, 2.75) is 45.4 Å². The molecule has 8 heteroatoms. The van der Waals surface area contributed by atoms with Gasteiger partial charge in [-0.1, -0.05) is 49.4 Å². The number of amides is 1. The van der Waals surface area contributed by atoms with Gasteiger partial charge in [0.25, 0.3) is 5.91 Å². The molecule has 3 N–H and O–H groups in total. The fourth-order valence-corrected chi connectivity index (χ4v) is 4.28. The topological polar surface area (TPSA) is 87.4 Å². The molecule has 0 unspecified atom stereocenters. The van der Waals surface area contributed by atoms with Gasteiger partial charge in [-0.05, 0) is 60.7 Å². The zero-order chi connectivity index (χ0) is 27.1. The van der Waals surface area contributed by atoms with Crippen molar-refractivity contribution in [2.24, 2.45) is 0 Å². The number of nitrogens with one attached hydrogen (secondary N) is 2. The summed E-state index contributed by atoms with van der Waals surface area (Å²) >= 11 is 0. The molecule has 0 aliphatic heterocycles. The number of aryl methyl sites for hydroxylation is 2. The van der Waals surface area contributed by atoms with Gasteiger partial charge >= 0.3 is 0 Å². The van der Waals surface area contributed by atoms with Crippen LogP contribution in [0.1, 0.15) is 39.9 Å². The summed E-state index contributed by atoms with van der Waals surface area (Å²) < 4.78 is 33.4. The van der Waals surface area contributed by atoms with E-state index in [9.17, 15) is 18.7 Å². The summed E-state index contributed by atoms with van der Waals surface area (Å²) in [6.45, 7) is 4.38. The summed E-state index contributed by atoms with van der Waals surface area (Å²) in [4.78, 5) is 17.6. The fourth-order valence-electron chi connectivity index (χ4n) is 4.28. The number of aliphatic hydroxyl groups is 1. The quantitative estimate of drug-likeness (QED) is 0.260. The number of aliphatic hydroxyl groups excluding tert-OH is 1. The molecule has 6 nitrogen and oxygen atoms in total. The number of oxazole rings is 1. The molecule has 1 amide bonds. The maximum atomic E-state index is 13.9. The summed E-state index contributed by atoms with van der Waals surface area (Å²) in [6, 6.07) is 19.6. The Labute approximate surface area is 220 Å². The minimum atomic E-state index is -1.06. The van der Waals surface area contributed by atoms with Crippen LogP contribution < -0.4 is 10.6 Å². The van der Waals surface area contributed by atoms with Crippen molar-refractivity contribution in [3.05, 3.63) is 113 Å². The molecule has 0 aliphatic rings. The first-order valence-electron chi connectivity index (χ1n) is 12.6. The van der Waals surface area contributed by atoms with E-state index in [4.69, 9.17) is 4.42 Å². The van der Waals surface area contributed by atoms with Gasteiger partial charge in [-0.15, -0.1) is 0 Å². The van der Waals surface area contributed by atoms with Crippen LogP contribution >= 0.6 is 0 Å². The van der Waals surface area contributed by atoms with Gasteiger partial charge < -0.3 is 20.2 Å². The number of hydrogen-bond acceptors (Lipinski definition) is 5. The number of rotatable bonds is 11. The minimum absolute atomic E-state index is 0.0109. The largest absolute Gasteiger partial charge is 0.441 e. The molecule has 0 spiro atoms. The van der Waals surface area contributed by atoms with Gasteiger partial charge in [0.2, 0.25) is 5.89 Å². The standard InChI is InChI=1S/C30H31F2N3O3/c1-3-20-8-7-9-21(12-20)17-33-18-27(36)26(15-22-13-24(31)16-25(32)14-22)34-29(37)28-19(2)38-30(35-28)23-10-5-4-6-11-23/h4-14,16,26-27,33,36H,3,15,17-18H2,1-2H3,(H,34,37)/t26-,27+/m0/s1. The molecule has 2 atom stereocenters. The molecule has 4 aromatic rings. The number of hydrogen-bond donors (Lipinski definition) is 3. The van der Waals surface area contributed by atoms with Crippen LogP contribution in [0.5, 0.6) is 0 Å². The summed E-state index contributed by atoms with van der Waals surface area (Å²) in [6.07, 6.45) is -0.125. The van der Waals surface area contributed by atoms with E-state index < -0.39 is 29.7 Å². The second kappa shape index (κ2) is 12.6. The highest BCUT2D eigenvalue weighted by Crippen LogP contribution is 2.22. The van der Waals surface area contributed by atoms with Crippen LogP contribution in [0.3, 0.4) is 0 Å². The first-order chi connectivity index (χ1) is 18.3. The monoisotopic (exact) mass is 519 g/mol. The third-order valence-electron chi connectivity index (χ3n) is 6.27. The number of aromatic nitrogens is 1. The van der Waals surface area contributed by atoms with E-state index in [-0.39, 0.29) is 18.7 Å². The van der Waals surface area contributed by atoms with Gasteiger partial charge in [0.05, 0.1) is 12.1 Å². The lowest BCUT2D eigenvalue weighted by atomic mass is 10.00. The Hall–Kier alpha value is -3.88. The second-order valence-corrected chi connectivity index (χ2v) is 9.22. The summed E-state index contributed by atoms with van der Waals surface area (Å²) in [5.41, 5.74) is 3.38. The van der Waals surface area contributed by atoms with Crippen molar-refractivity contribution in [1.82, 2.24) is 15.6 Å². The summed E-state index contributed by atoms with van der Waals surface area (Å²) in [7, 11) is 0. The number of carbonyl (C=O) groups is 1. The summed E-state index contributed by atoms with van der Waals surface area (Å²) in [5, 5.41) is 17.0. The van der Waals surface area contributed by atoms with Crippen LogP contribution in [-0.2, 0) is 19.4 Å². The Balaban J connectivity index is 1.49. The van der Waals surface area contributed by atoms with Gasteiger partial charge in [-0.2, -0.15) is 0 Å². The maximum Gasteiger partial charge on any atom is 0.273 e. The lowest BCUT2D eigenvalue weighted by molar-refractivity contribution is 0.0824. The van der Waals surface area contributed by atoms with Gasteiger partial charge in [-0.25, -0.2) is 13.8 Å². The van der Waals surface area contributed by atoms with Crippen molar-refractivity contribution < 1.29 is 23.1 Å². The Morgan fingerprint density at radius 1 is 0.974 bits per heavy atom. The third kappa shape index (κ3) is 7.12. The lowest BCUT2D eigenvalue weighted by Crippen LogP contribution is -2.48. The van der Waals surface area contributed by atoms with E-state index in [1.54, 1.807) is 6.92 Å². The summed E-state index contributed by atoms with van der Waals surface area (Å²) in [5.74, 6) is -1.39. The average molecular weight is 520 g/mol. The number of halogens is 2. The van der Waals surface area contributed by atoms with Gasteiger partial charge in [0.1, 0.15) is 17.4 Å². The Morgan fingerprint density at radius 2 is 1.68 bits per heavy atom. The minimum Gasteiger partial charge on any atom is -0.441 e. The molecule has 3 aromatic carbocycles. The third-order valence-corrected chi connectivity index (χ3v) is 6.27. The molecular weight excluding hydrogens is 488 g/mol. The molecule has 4 rings (SSSR count). The van der Waals surface area contributed by atoms with Crippen LogP contribution in [0.15, 0.2) is 77.2 Å². The van der Waals surface area contributed by atoms with Crippen LogP contribution in [-0.4, -0.2) is 34.7 Å². The van der Waals surface area contributed by atoms with Crippen LogP contribution in [0.4, 0.5) is 8.78 Å². The zero-order valence-corrected chi connectivity index (χ0v) is 21.4. The van der Waals surface area contributed by atoms with E-state index in [1.807, 2.05) is 42.5 Å². The van der Waals surface area contributed by atoms with E-state index in [2.05, 4.69) is 34.7 Å². The number of benzene rings is 3. The Bertz CT molecular complexity index is 1350. The molecule has 0 saturated carbocycles. The predicted octanol–water partition coefficient (Wildman–Crippen LogP) is 4.98. The molecule has 1 heterocycles. The normalized spacial score (nSPS) is 12.8. The first-order valence-corrected chi connectivity index (χ1v) is 12.6. The van der Waals surface area contributed by atoms with E-state index in [0.29, 0.717) is 23.8 Å². The number of nitrogens with zero attached hydrogens (tertiary/aromatic N) is 1. The molecule has 38 heavy (non-hydrogen) atoms. The maximum absolute atomic E-state index is 13.9. The molecule has 0 saturated heterocycles.